The van der Waals surface area contributed by atoms with Gasteiger partial charge in [-0.1, -0.05) is 15.9 Å². The van der Waals surface area contributed by atoms with Gasteiger partial charge in [-0.2, -0.15) is 0 Å². The number of hydrogen-bond donors (Lipinski definition) is 0. The average molecular weight is 337 g/mol. The van der Waals surface area contributed by atoms with Gasteiger partial charge in [-0.3, -0.25) is 4.79 Å². The summed E-state index contributed by atoms with van der Waals surface area (Å²) in [6.45, 7) is 0.622. The van der Waals surface area contributed by atoms with Crippen LogP contribution >= 0.6 is 31.9 Å². The fourth-order valence-electron chi connectivity index (χ4n) is 1.58. The van der Waals surface area contributed by atoms with Gasteiger partial charge in [0, 0.05) is 11.0 Å². The second-order valence-electron chi connectivity index (χ2n) is 3.34. The minimum atomic E-state index is -0.334. The number of halogens is 3. The van der Waals surface area contributed by atoms with Crippen LogP contribution in [0.1, 0.15) is 6.42 Å². The van der Waals surface area contributed by atoms with E-state index in [2.05, 4.69) is 31.9 Å². The predicted octanol–water partition coefficient (Wildman–Crippen LogP) is 3.09. The van der Waals surface area contributed by atoms with Crippen molar-refractivity contribution in [3.63, 3.8) is 0 Å². The van der Waals surface area contributed by atoms with Crippen molar-refractivity contribution in [3.8, 4) is 0 Å². The molecule has 0 bridgehead atoms. The van der Waals surface area contributed by atoms with Gasteiger partial charge in [-0.05, 0) is 40.5 Å². The Morgan fingerprint density at radius 3 is 2.80 bits per heavy atom. The summed E-state index contributed by atoms with van der Waals surface area (Å²) >= 11 is 6.60. The van der Waals surface area contributed by atoms with Gasteiger partial charge in [-0.15, -0.1) is 0 Å². The van der Waals surface area contributed by atoms with Crippen molar-refractivity contribution in [3.05, 3.63) is 28.5 Å². The molecule has 1 amide bonds. The number of rotatable bonds is 1. The van der Waals surface area contributed by atoms with Gasteiger partial charge in [0.1, 0.15) is 5.82 Å². The summed E-state index contributed by atoms with van der Waals surface area (Å²) in [6, 6.07) is 4.34. The van der Waals surface area contributed by atoms with Crippen LogP contribution in [0.2, 0.25) is 0 Å². The van der Waals surface area contributed by atoms with Crippen LogP contribution in [0.5, 0.6) is 0 Å². The van der Waals surface area contributed by atoms with Crippen molar-refractivity contribution in [2.24, 2.45) is 0 Å². The van der Waals surface area contributed by atoms with Crippen molar-refractivity contribution in [1.29, 1.82) is 0 Å². The summed E-state index contributed by atoms with van der Waals surface area (Å²) in [4.78, 5) is 13.1. The van der Waals surface area contributed by atoms with E-state index >= 15 is 0 Å². The highest BCUT2D eigenvalue weighted by atomic mass is 79.9. The zero-order valence-corrected chi connectivity index (χ0v) is 10.9. The van der Waals surface area contributed by atoms with Gasteiger partial charge in [0.15, 0.2) is 0 Å². The molecule has 1 unspecified atom stereocenters. The largest absolute Gasteiger partial charge is 0.310 e. The molecule has 0 N–H and O–H groups in total. The van der Waals surface area contributed by atoms with E-state index in [0.717, 1.165) is 10.9 Å². The monoisotopic (exact) mass is 335 g/mol. The normalized spacial score (nSPS) is 21.1. The SMILES string of the molecule is O=C1C(Br)CCN1c1cc(F)ccc1Br. The smallest absolute Gasteiger partial charge is 0.240 e. The molecule has 0 spiro atoms. The van der Waals surface area contributed by atoms with Crippen LogP contribution in [0.4, 0.5) is 10.1 Å². The zero-order valence-electron chi connectivity index (χ0n) is 7.71. The topological polar surface area (TPSA) is 20.3 Å². The lowest BCUT2D eigenvalue weighted by Crippen LogP contribution is -2.27. The fourth-order valence-corrected chi connectivity index (χ4v) is 2.49. The summed E-state index contributed by atoms with van der Waals surface area (Å²) in [5, 5.41) is 0. The minimum absolute atomic E-state index is 0.0127. The Hall–Kier alpha value is -0.420. The molecule has 0 aromatic heterocycles. The Morgan fingerprint density at radius 1 is 1.47 bits per heavy atom. The van der Waals surface area contributed by atoms with Gasteiger partial charge >= 0.3 is 0 Å². The number of nitrogens with zero attached hydrogens (tertiary/aromatic N) is 1. The number of carbonyl (C=O) groups excluding carboxylic acids is 1. The first-order valence-electron chi connectivity index (χ1n) is 4.50. The second kappa shape index (κ2) is 4.22. The van der Waals surface area contributed by atoms with Crippen LogP contribution < -0.4 is 4.90 Å². The highest BCUT2D eigenvalue weighted by molar-refractivity contribution is 9.10. The molecule has 1 heterocycles. The molecule has 80 valence electrons. The molecule has 1 aromatic carbocycles. The van der Waals surface area contributed by atoms with E-state index in [1.165, 1.54) is 12.1 Å². The molecule has 1 aliphatic heterocycles. The number of anilines is 1. The molecule has 2 rings (SSSR count). The Balaban J connectivity index is 2.37. The Morgan fingerprint density at radius 2 is 2.20 bits per heavy atom. The van der Waals surface area contributed by atoms with Crippen molar-refractivity contribution in [1.82, 2.24) is 0 Å². The van der Waals surface area contributed by atoms with Crippen LogP contribution in [0, 0.1) is 5.82 Å². The molecule has 5 heteroatoms. The fraction of sp³-hybridized carbons (Fsp3) is 0.300. The van der Waals surface area contributed by atoms with Crippen LogP contribution in [0.15, 0.2) is 22.7 Å². The molecule has 1 saturated heterocycles. The third-order valence-corrected chi connectivity index (χ3v) is 3.86. The van der Waals surface area contributed by atoms with E-state index in [1.54, 1.807) is 11.0 Å². The van der Waals surface area contributed by atoms with Gasteiger partial charge < -0.3 is 4.90 Å². The standard InChI is InChI=1S/C10H8Br2FNO/c11-7-2-1-6(13)5-9(7)14-4-3-8(12)10(14)15/h1-2,5,8H,3-4H2. The highest BCUT2D eigenvalue weighted by Gasteiger charge is 2.31. The number of benzene rings is 1. The molecule has 1 atom stereocenters. The zero-order chi connectivity index (χ0) is 11.0. The summed E-state index contributed by atoms with van der Waals surface area (Å²) in [6.07, 6.45) is 0.752. The molecule has 1 aliphatic rings. The van der Waals surface area contributed by atoms with E-state index in [9.17, 15) is 9.18 Å². The first-order chi connectivity index (χ1) is 7.09. The third kappa shape index (κ3) is 2.08. The maximum atomic E-state index is 13.1. The molecule has 1 fully saturated rings. The maximum absolute atomic E-state index is 13.1. The van der Waals surface area contributed by atoms with Crippen LogP contribution in [-0.4, -0.2) is 17.3 Å². The van der Waals surface area contributed by atoms with Crippen molar-refractivity contribution in [2.45, 2.75) is 11.2 Å². The molecular formula is C10H8Br2FNO. The lowest BCUT2D eigenvalue weighted by Gasteiger charge is -2.17. The van der Waals surface area contributed by atoms with E-state index in [0.29, 0.717) is 12.2 Å². The number of amides is 1. The molecule has 0 radical (unpaired) electrons. The molecule has 2 nitrogen and oxygen atoms in total. The average Bonchev–Trinajstić information content (AvgIpc) is 2.52. The molecular weight excluding hydrogens is 329 g/mol. The summed E-state index contributed by atoms with van der Waals surface area (Å²) in [5.41, 5.74) is 0.599. The lowest BCUT2D eigenvalue weighted by atomic mass is 10.3. The highest BCUT2D eigenvalue weighted by Crippen LogP contribution is 2.31. The summed E-state index contributed by atoms with van der Waals surface area (Å²) in [5.74, 6) is -0.347. The quantitative estimate of drug-likeness (QED) is 0.722. The number of carbonyl (C=O) groups is 1. The van der Waals surface area contributed by atoms with Gasteiger partial charge in [0.05, 0.1) is 10.5 Å². The number of alkyl halides is 1. The molecule has 0 saturated carbocycles. The molecule has 0 aliphatic carbocycles. The molecule has 1 aromatic rings. The van der Waals surface area contributed by atoms with Gasteiger partial charge in [-0.25, -0.2) is 4.39 Å². The Kier molecular flexibility index (Phi) is 3.11. The van der Waals surface area contributed by atoms with Crippen molar-refractivity contribution < 1.29 is 9.18 Å². The first kappa shape index (κ1) is 11.1. The number of hydrogen-bond acceptors (Lipinski definition) is 1. The summed E-state index contributed by atoms with van der Waals surface area (Å²) in [7, 11) is 0. The molecule has 15 heavy (non-hydrogen) atoms. The van der Waals surface area contributed by atoms with E-state index in [4.69, 9.17) is 0 Å². The Labute approximate surface area is 104 Å². The van der Waals surface area contributed by atoms with Gasteiger partial charge in [0.25, 0.3) is 0 Å². The van der Waals surface area contributed by atoms with E-state index in [1.807, 2.05) is 0 Å². The van der Waals surface area contributed by atoms with Crippen LogP contribution in [-0.2, 0) is 4.79 Å². The third-order valence-electron chi connectivity index (χ3n) is 2.34. The van der Waals surface area contributed by atoms with E-state index < -0.39 is 0 Å². The maximum Gasteiger partial charge on any atom is 0.240 e. The van der Waals surface area contributed by atoms with E-state index in [-0.39, 0.29) is 16.6 Å². The Bertz CT molecular complexity index is 410. The van der Waals surface area contributed by atoms with Crippen LogP contribution in [0.25, 0.3) is 0 Å². The van der Waals surface area contributed by atoms with Crippen molar-refractivity contribution in [2.75, 3.05) is 11.4 Å². The summed E-state index contributed by atoms with van der Waals surface area (Å²) < 4.78 is 13.8. The van der Waals surface area contributed by atoms with Crippen LogP contribution in [0.3, 0.4) is 0 Å². The second-order valence-corrected chi connectivity index (χ2v) is 5.30. The minimum Gasteiger partial charge on any atom is -0.310 e. The van der Waals surface area contributed by atoms with Crippen molar-refractivity contribution >= 4 is 43.5 Å². The first-order valence-corrected chi connectivity index (χ1v) is 6.21. The lowest BCUT2D eigenvalue weighted by molar-refractivity contribution is -0.116. The van der Waals surface area contributed by atoms with Gasteiger partial charge in [0.2, 0.25) is 5.91 Å². The predicted molar refractivity (Wildman–Crippen MR) is 63.8 cm³/mol.